The number of nitrogens with zero attached hydrogens (tertiary/aromatic N) is 2. The molecular formula is C18H26N2O6S. The number of carbonyl (C=O) groups excluding carboxylic acids is 1. The first-order valence-electron chi connectivity index (χ1n) is 8.89. The largest absolute Gasteiger partial charge is 0.480 e. The number of sulfonamides is 1. The third-order valence-corrected chi connectivity index (χ3v) is 6.75. The molecule has 8 nitrogen and oxygen atoms in total. The Morgan fingerprint density at radius 1 is 1.30 bits per heavy atom. The summed E-state index contributed by atoms with van der Waals surface area (Å²) in [5.41, 5.74) is 0.695. The van der Waals surface area contributed by atoms with Crippen molar-refractivity contribution in [3.05, 3.63) is 29.3 Å². The number of hydrogen-bond acceptors (Lipinski definition) is 5. The zero-order chi connectivity index (χ0) is 20.2. The molecule has 0 bridgehead atoms. The van der Waals surface area contributed by atoms with Crippen molar-refractivity contribution in [2.75, 3.05) is 32.8 Å². The molecule has 1 amide bonds. The van der Waals surface area contributed by atoms with Crippen LogP contribution >= 0.6 is 0 Å². The number of ether oxygens (including phenoxy) is 1. The van der Waals surface area contributed by atoms with Gasteiger partial charge in [0.25, 0.3) is 5.91 Å². The molecule has 1 N–H and O–H groups in total. The van der Waals surface area contributed by atoms with Gasteiger partial charge in [-0.05, 0) is 38.0 Å². The smallest absolute Gasteiger partial charge is 0.323 e. The zero-order valence-electron chi connectivity index (χ0n) is 15.8. The maximum absolute atomic E-state index is 13.0. The Bertz CT molecular complexity index is 802. The van der Waals surface area contributed by atoms with E-state index in [0.717, 1.165) is 0 Å². The van der Waals surface area contributed by atoms with Crippen LogP contribution in [0.2, 0.25) is 0 Å². The van der Waals surface area contributed by atoms with Gasteiger partial charge in [0.1, 0.15) is 6.54 Å². The molecule has 1 fully saturated rings. The quantitative estimate of drug-likeness (QED) is 0.743. The first kappa shape index (κ1) is 21.3. The molecule has 27 heavy (non-hydrogen) atoms. The van der Waals surface area contributed by atoms with Gasteiger partial charge in [-0.25, -0.2) is 8.42 Å². The van der Waals surface area contributed by atoms with Gasteiger partial charge in [-0.15, -0.1) is 0 Å². The summed E-state index contributed by atoms with van der Waals surface area (Å²) in [5, 5.41) is 9.11. The highest BCUT2D eigenvalue weighted by molar-refractivity contribution is 7.89. The second-order valence-corrected chi connectivity index (χ2v) is 8.49. The maximum atomic E-state index is 13.0. The molecule has 0 saturated carbocycles. The Morgan fingerprint density at radius 3 is 2.48 bits per heavy atom. The average molecular weight is 398 g/mol. The number of morpholine rings is 1. The van der Waals surface area contributed by atoms with E-state index in [9.17, 15) is 18.0 Å². The standard InChI is InChI=1S/C18H26N2O6S/c1-4-14(3)20(12-17(21)22)18(23)15-6-5-13(2)16(11-15)27(24,25)19-7-9-26-10-8-19/h5-6,11,14H,4,7-10,12H2,1-3H3,(H,21,22). The Kier molecular flexibility index (Phi) is 6.96. The number of rotatable bonds is 7. The predicted octanol–water partition coefficient (Wildman–Crippen LogP) is 1.34. The summed E-state index contributed by atoms with van der Waals surface area (Å²) in [6.45, 7) is 6.04. The molecular weight excluding hydrogens is 372 g/mol. The fraction of sp³-hybridized carbons (Fsp3) is 0.556. The van der Waals surface area contributed by atoms with Gasteiger partial charge in [0, 0.05) is 24.7 Å². The van der Waals surface area contributed by atoms with Crippen molar-refractivity contribution in [3.8, 4) is 0 Å². The second-order valence-electron chi connectivity index (χ2n) is 6.58. The summed E-state index contributed by atoms with van der Waals surface area (Å²) < 4.78 is 32.5. The van der Waals surface area contributed by atoms with E-state index in [1.165, 1.54) is 21.3 Å². The van der Waals surface area contributed by atoms with Crippen LogP contribution < -0.4 is 0 Å². The van der Waals surface area contributed by atoms with Crippen LogP contribution in [-0.2, 0) is 19.6 Å². The van der Waals surface area contributed by atoms with Crippen LogP contribution in [-0.4, -0.2) is 73.5 Å². The van der Waals surface area contributed by atoms with Gasteiger partial charge >= 0.3 is 5.97 Å². The normalized spacial score (nSPS) is 16.7. The number of hydrogen-bond donors (Lipinski definition) is 1. The molecule has 1 aromatic rings. The number of benzene rings is 1. The van der Waals surface area contributed by atoms with Crippen LogP contribution in [0, 0.1) is 6.92 Å². The van der Waals surface area contributed by atoms with Crippen molar-refractivity contribution in [3.63, 3.8) is 0 Å². The van der Waals surface area contributed by atoms with Crippen LogP contribution in [0.1, 0.15) is 36.2 Å². The Balaban J connectivity index is 2.40. The first-order chi connectivity index (χ1) is 12.7. The lowest BCUT2D eigenvalue weighted by Crippen LogP contribution is -2.42. The van der Waals surface area contributed by atoms with Crippen LogP contribution in [0.4, 0.5) is 0 Å². The van der Waals surface area contributed by atoms with Gasteiger partial charge in [-0.3, -0.25) is 9.59 Å². The van der Waals surface area contributed by atoms with Gasteiger partial charge in [-0.1, -0.05) is 13.0 Å². The number of aryl methyl sites for hydroxylation is 1. The number of amides is 1. The molecule has 0 spiro atoms. The molecule has 0 aromatic heterocycles. The summed E-state index contributed by atoms with van der Waals surface area (Å²) >= 11 is 0. The van der Waals surface area contributed by atoms with Crippen molar-refractivity contribution in [1.82, 2.24) is 9.21 Å². The topological polar surface area (TPSA) is 104 Å². The summed E-state index contributed by atoms with van der Waals surface area (Å²) in [5.74, 6) is -1.61. The van der Waals surface area contributed by atoms with Crippen LogP contribution in [0.15, 0.2) is 23.1 Å². The lowest BCUT2D eigenvalue weighted by molar-refractivity contribution is -0.138. The molecule has 1 unspecified atom stereocenters. The highest BCUT2D eigenvalue weighted by atomic mass is 32.2. The lowest BCUT2D eigenvalue weighted by atomic mass is 10.1. The van der Waals surface area contributed by atoms with Crippen molar-refractivity contribution < 1.29 is 27.9 Å². The maximum Gasteiger partial charge on any atom is 0.323 e. The lowest BCUT2D eigenvalue weighted by Gasteiger charge is -2.28. The third-order valence-electron chi connectivity index (χ3n) is 4.71. The van der Waals surface area contributed by atoms with Crippen LogP contribution in [0.5, 0.6) is 0 Å². The van der Waals surface area contributed by atoms with Crippen molar-refractivity contribution in [2.24, 2.45) is 0 Å². The SMILES string of the molecule is CCC(C)N(CC(=O)O)C(=O)c1ccc(C)c(S(=O)(=O)N2CCOCC2)c1. The fourth-order valence-electron chi connectivity index (χ4n) is 2.90. The second kappa shape index (κ2) is 8.81. The molecule has 1 atom stereocenters. The summed E-state index contributed by atoms with van der Waals surface area (Å²) in [6.07, 6.45) is 0.587. The van der Waals surface area contributed by atoms with E-state index in [1.54, 1.807) is 19.9 Å². The van der Waals surface area contributed by atoms with E-state index in [0.29, 0.717) is 25.2 Å². The monoisotopic (exact) mass is 398 g/mol. The van der Waals surface area contributed by atoms with Crippen molar-refractivity contribution >= 4 is 21.9 Å². The van der Waals surface area contributed by atoms with Gasteiger partial charge in [0.05, 0.1) is 18.1 Å². The number of carboxylic acid groups (broad SMARTS) is 1. The van der Waals surface area contributed by atoms with E-state index in [1.807, 2.05) is 6.92 Å². The van der Waals surface area contributed by atoms with Crippen LogP contribution in [0.25, 0.3) is 0 Å². The number of carboxylic acids is 1. The molecule has 1 aliphatic rings. The third kappa shape index (κ3) is 4.85. The minimum atomic E-state index is -3.76. The van der Waals surface area contributed by atoms with E-state index in [-0.39, 0.29) is 29.6 Å². The molecule has 0 aliphatic carbocycles. The molecule has 0 radical (unpaired) electrons. The summed E-state index contributed by atoms with van der Waals surface area (Å²) in [7, 11) is -3.76. The van der Waals surface area contributed by atoms with Crippen LogP contribution in [0.3, 0.4) is 0 Å². The molecule has 9 heteroatoms. The van der Waals surface area contributed by atoms with E-state index < -0.39 is 28.4 Å². The molecule has 1 aromatic carbocycles. The van der Waals surface area contributed by atoms with Gasteiger partial charge in [-0.2, -0.15) is 4.31 Å². The minimum Gasteiger partial charge on any atom is -0.480 e. The molecule has 1 heterocycles. The van der Waals surface area contributed by atoms with Crippen molar-refractivity contribution in [2.45, 2.75) is 38.1 Å². The minimum absolute atomic E-state index is 0.0645. The highest BCUT2D eigenvalue weighted by Gasteiger charge is 2.30. The number of carbonyl (C=O) groups is 2. The Labute approximate surface area is 159 Å². The predicted molar refractivity (Wildman–Crippen MR) is 99.2 cm³/mol. The first-order valence-corrected chi connectivity index (χ1v) is 10.3. The molecule has 2 rings (SSSR count). The summed E-state index contributed by atoms with van der Waals surface area (Å²) in [4.78, 5) is 25.3. The highest BCUT2D eigenvalue weighted by Crippen LogP contribution is 2.23. The molecule has 1 aliphatic heterocycles. The van der Waals surface area contributed by atoms with Gasteiger partial charge in [0.2, 0.25) is 10.0 Å². The van der Waals surface area contributed by atoms with Crippen molar-refractivity contribution in [1.29, 1.82) is 0 Å². The van der Waals surface area contributed by atoms with Gasteiger partial charge < -0.3 is 14.7 Å². The van der Waals surface area contributed by atoms with Gasteiger partial charge in [0.15, 0.2) is 0 Å². The average Bonchev–Trinajstić information content (AvgIpc) is 2.65. The molecule has 150 valence electrons. The number of aliphatic carboxylic acids is 1. The van der Waals surface area contributed by atoms with E-state index in [4.69, 9.17) is 9.84 Å². The Hall–Kier alpha value is -1.97. The Morgan fingerprint density at radius 2 is 1.93 bits per heavy atom. The fourth-order valence-corrected chi connectivity index (χ4v) is 4.56. The molecule has 1 saturated heterocycles. The zero-order valence-corrected chi connectivity index (χ0v) is 16.7. The summed E-state index contributed by atoms with van der Waals surface area (Å²) in [6, 6.07) is 4.18. The van der Waals surface area contributed by atoms with E-state index >= 15 is 0 Å². The van der Waals surface area contributed by atoms with E-state index in [2.05, 4.69) is 0 Å².